The quantitative estimate of drug-likeness (QED) is 0.870. The van der Waals surface area contributed by atoms with Crippen LogP contribution in [0.15, 0.2) is 18.2 Å². The van der Waals surface area contributed by atoms with E-state index in [1.54, 1.807) is 18.2 Å². The Morgan fingerprint density at radius 1 is 1.42 bits per heavy atom. The van der Waals surface area contributed by atoms with Crippen LogP contribution in [0.2, 0.25) is 5.02 Å². The van der Waals surface area contributed by atoms with Crippen LogP contribution >= 0.6 is 11.6 Å². The highest BCUT2D eigenvalue weighted by atomic mass is 35.5. The van der Waals surface area contributed by atoms with Gasteiger partial charge in [-0.3, -0.25) is 4.79 Å². The van der Waals surface area contributed by atoms with Crippen LogP contribution in [-0.2, 0) is 11.3 Å². The third-order valence-electron chi connectivity index (χ3n) is 3.32. The first kappa shape index (κ1) is 14.2. The highest BCUT2D eigenvalue weighted by Crippen LogP contribution is 2.22. The summed E-state index contributed by atoms with van der Waals surface area (Å²) in [6.45, 7) is 0.352. The van der Waals surface area contributed by atoms with E-state index in [-0.39, 0.29) is 12.5 Å². The summed E-state index contributed by atoms with van der Waals surface area (Å²) in [4.78, 5) is 11.7. The second-order valence-corrected chi connectivity index (χ2v) is 5.23. The molecule has 4 nitrogen and oxygen atoms in total. The Morgan fingerprint density at radius 2 is 2.16 bits per heavy atom. The highest BCUT2D eigenvalue weighted by Gasteiger charge is 2.17. The summed E-state index contributed by atoms with van der Waals surface area (Å²) in [6.07, 6.45) is 4.53. The largest absolute Gasteiger partial charge is 0.483 e. The van der Waals surface area contributed by atoms with E-state index in [0.29, 0.717) is 23.4 Å². The van der Waals surface area contributed by atoms with Gasteiger partial charge in [-0.15, -0.1) is 0 Å². The molecule has 1 aromatic carbocycles. The highest BCUT2D eigenvalue weighted by molar-refractivity contribution is 6.30. The first-order valence-electron chi connectivity index (χ1n) is 6.59. The second-order valence-electron chi connectivity index (χ2n) is 4.79. The van der Waals surface area contributed by atoms with Gasteiger partial charge in [0.25, 0.3) is 5.91 Å². The van der Waals surface area contributed by atoms with Crippen molar-refractivity contribution >= 4 is 17.5 Å². The minimum Gasteiger partial charge on any atom is -0.483 e. The third-order valence-corrected chi connectivity index (χ3v) is 3.56. The van der Waals surface area contributed by atoms with Gasteiger partial charge in [0.15, 0.2) is 6.61 Å². The first-order chi connectivity index (χ1) is 9.19. The topological polar surface area (TPSA) is 64.3 Å². The maximum atomic E-state index is 11.7. The van der Waals surface area contributed by atoms with E-state index in [1.165, 1.54) is 12.8 Å². The molecule has 0 bridgehead atoms. The predicted octanol–water partition coefficient (Wildman–Crippen LogP) is 2.24. The number of hydrogen-bond donors (Lipinski definition) is 2. The van der Waals surface area contributed by atoms with Gasteiger partial charge in [-0.2, -0.15) is 0 Å². The van der Waals surface area contributed by atoms with Gasteiger partial charge in [0.2, 0.25) is 0 Å². The summed E-state index contributed by atoms with van der Waals surface area (Å²) in [5.41, 5.74) is 6.43. The van der Waals surface area contributed by atoms with Crippen LogP contribution in [-0.4, -0.2) is 18.6 Å². The number of rotatable bonds is 5. The van der Waals surface area contributed by atoms with E-state index >= 15 is 0 Å². The summed E-state index contributed by atoms with van der Waals surface area (Å²) in [6, 6.07) is 5.54. The summed E-state index contributed by atoms with van der Waals surface area (Å²) in [5, 5.41) is 3.59. The Balaban J connectivity index is 1.85. The number of nitrogens with one attached hydrogen (secondary N) is 1. The number of benzene rings is 1. The lowest BCUT2D eigenvalue weighted by molar-refractivity contribution is -0.123. The number of carbonyl (C=O) groups excluding carboxylic acids is 1. The number of hydrogen-bond acceptors (Lipinski definition) is 3. The standard InChI is InChI=1S/C14H19ClN2O2/c15-11-5-6-13(10(7-11)8-16)19-9-14(18)17-12-3-1-2-4-12/h5-7,12H,1-4,8-9,16H2,(H,17,18). The van der Waals surface area contributed by atoms with Crippen LogP contribution in [0, 0.1) is 0 Å². The molecule has 19 heavy (non-hydrogen) atoms. The second kappa shape index (κ2) is 6.78. The molecule has 3 N–H and O–H groups in total. The Labute approximate surface area is 118 Å². The number of amides is 1. The molecule has 1 aliphatic carbocycles. The van der Waals surface area contributed by atoms with Crippen molar-refractivity contribution in [3.05, 3.63) is 28.8 Å². The van der Waals surface area contributed by atoms with Crippen molar-refractivity contribution in [2.45, 2.75) is 38.3 Å². The molecule has 0 atom stereocenters. The summed E-state index contributed by atoms with van der Waals surface area (Å²) >= 11 is 5.88. The molecule has 0 heterocycles. The van der Waals surface area contributed by atoms with Crippen LogP contribution in [0.1, 0.15) is 31.2 Å². The Bertz CT molecular complexity index is 445. The fourth-order valence-electron chi connectivity index (χ4n) is 2.33. The van der Waals surface area contributed by atoms with Crippen LogP contribution in [0.3, 0.4) is 0 Å². The molecular weight excluding hydrogens is 264 g/mol. The molecule has 1 aliphatic rings. The van der Waals surface area contributed by atoms with Gasteiger partial charge in [-0.25, -0.2) is 0 Å². The number of nitrogens with two attached hydrogens (primary N) is 1. The van der Waals surface area contributed by atoms with Crippen molar-refractivity contribution in [3.8, 4) is 5.75 Å². The molecule has 0 saturated heterocycles. The van der Waals surface area contributed by atoms with Gasteiger partial charge >= 0.3 is 0 Å². The Hall–Kier alpha value is -1.26. The minimum atomic E-state index is -0.0789. The van der Waals surface area contributed by atoms with E-state index in [4.69, 9.17) is 22.1 Å². The average Bonchev–Trinajstić information content (AvgIpc) is 2.90. The van der Waals surface area contributed by atoms with Crippen molar-refractivity contribution in [1.29, 1.82) is 0 Å². The Kier molecular flexibility index (Phi) is 5.05. The van der Waals surface area contributed by atoms with E-state index in [0.717, 1.165) is 18.4 Å². The van der Waals surface area contributed by atoms with E-state index in [2.05, 4.69) is 5.32 Å². The van der Waals surface area contributed by atoms with Gasteiger partial charge in [0, 0.05) is 23.2 Å². The van der Waals surface area contributed by atoms with Crippen molar-refractivity contribution < 1.29 is 9.53 Å². The van der Waals surface area contributed by atoms with Crippen molar-refractivity contribution in [2.24, 2.45) is 5.73 Å². The lowest BCUT2D eigenvalue weighted by atomic mass is 10.2. The van der Waals surface area contributed by atoms with E-state index in [9.17, 15) is 4.79 Å². The molecule has 1 aromatic rings. The van der Waals surface area contributed by atoms with Crippen molar-refractivity contribution in [3.63, 3.8) is 0 Å². The summed E-state index contributed by atoms with van der Waals surface area (Å²) < 4.78 is 5.50. The smallest absolute Gasteiger partial charge is 0.258 e. The maximum absolute atomic E-state index is 11.7. The van der Waals surface area contributed by atoms with Gasteiger partial charge in [0.05, 0.1) is 0 Å². The van der Waals surface area contributed by atoms with Gasteiger partial charge in [0.1, 0.15) is 5.75 Å². The molecule has 0 spiro atoms. The molecule has 5 heteroatoms. The lowest BCUT2D eigenvalue weighted by Crippen LogP contribution is -2.36. The van der Waals surface area contributed by atoms with Gasteiger partial charge in [-0.1, -0.05) is 24.4 Å². The molecule has 0 aliphatic heterocycles. The Morgan fingerprint density at radius 3 is 2.84 bits per heavy atom. The molecule has 104 valence electrons. The molecule has 1 amide bonds. The van der Waals surface area contributed by atoms with E-state index in [1.807, 2.05) is 0 Å². The fourth-order valence-corrected chi connectivity index (χ4v) is 2.53. The van der Waals surface area contributed by atoms with Crippen molar-refractivity contribution in [2.75, 3.05) is 6.61 Å². The summed E-state index contributed by atoms with van der Waals surface area (Å²) in [7, 11) is 0. The number of ether oxygens (including phenoxy) is 1. The lowest BCUT2D eigenvalue weighted by Gasteiger charge is -2.14. The molecule has 1 saturated carbocycles. The number of halogens is 1. The fraction of sp³-hybridized carbons (Fsp3) is 0.500. The molecule has 2 rings (SSSR count). The number of carbonyl (C=O) groups is 1. The van der Waals surface area contributed by atoms with Crippen LogP contribution in [0.25, 0.3) is 0 Å². The van der Waals surface area contributed by atoms with Crippen LogP contribution in [0.5, 0.6) is 5.75 Å². The zero-order valence-electron chi connectivity index (χ0n) is 10.8. The van der Waals surface area contributed by atoms with E-state index < -0.39 is 0 Å². The summed E-state index contributed by atoms with van der Waals surface area (Å²) in [5.74, 6) is 0.540. The maximum Gasteiger partial charge on any atom is 0.258 e. The normalized spacial score (nSPS) is 15.5. The molecular formula is C14H19ClN2O2. The molecule has 0 unspecified atom stereocenters. The monoisotopic (exact) mass is 282 g/mol. The zero-order chi connectivity index (χ0) is 13.7. The van der Waals surface area contributed by atoms with Crippen molar-refractivity contribution in [1.82, 2.24) is 5.32 Å². The zero-order valence-corrected chi connectivity index (χ0v) is 11.6. The predicted molar refractivity (Wildman–Crippen MR) is 75.2 cm³/mol. The SMILES string of the molecule is NCc1cc(Cl)ccc1OCC(=O)NC1CCCC1. The van der Waals surface area contributed by atoms with Crippen LogP contribution in [0.4, 0.5) is 0 Å². The third kappa shape index (κ3) is 4.11. The molecule has 1 fully saturated rings. The molecule has 0 radical (unpaired) electrons. The van der Waals surface area contributed by atoms with Gasteiger partial charge in [-0.05, 0) is 31.0 Å². The first-order valence-corrected chi connectivity index (χ1v) is 6.97. The molecule has 0 aromatic heterocycles. The van der Waals surface area contributed by atoms with Gasteiger partial charge < -0.3 is 15.8 Å². The average molecular weight is 283 g/mol. The van der Waals surface area contributed by atoms with Crippen LogP contribution < -0.4 is 15.8 Å². The minimum absolute atomic E-state index is 0.0190.